The highest BCUT2D eigenvalue weighted by Crippen LogP contribution is 2.53. The summed E-state index contributed by atoms with van der Waals surface area (Å²) >= 11 is 1.83. The molecular weight excluding hydrogens is 737 g/mol. The fourth-order valence-corrected chi connectivity index (χ4v) is 10.8. The van der Waals surface area contributed by atoms with Gasteiger partial charge in [-0.1, -0.05) is 166 Å². The van der Waals surface area contributed by atoms with Crippen molar-refractivity contribution in [2.24, 2.45) is 0 Å². The maximum Gasteiger partial charge on any atom is 0.166 e. The Morgan fingerprint density at radius 2 is 0.983 bits per heavy atom. The van der Waals surface area contributed by atoms with Crippen LogP contribution in [0.1, 0.15) is 25.0 Å². The van der Waals surface area contributed by atoms with Crippen LogP contribution in [0.25, 0.3) is 104 Å². The molecule has 1 aliphatic carbocycles. The lowest BCUT2D eigenvalue weighted by atomic mass is 9.78. The summed E-state index contributed by atoms with van der Waals surface area (Å²) in [6, 6.07) is 65.3. The van der Waals surface area contributed by atoms with Crippen molar-refractivity contribution in [3.63, 3.8) is 0 Å². The van der Waals surface area contributed by atoms with Gasteiger partial charge in [-0.15, -0.1) is 11.3 Å². The third-order valence-electron chi connectivity index (χ3n) is 12.2. The van der Waals surface area contributed by atoms with Crippen LogP contribution in [0.4, 0.5) is 0 Å². The molecule has 0 N–H and O–H groups in total. The largest absolute Gasteiger partial charge is 0.308 e. The predicted octanol–water partition coefficient (Wildman–Crippen LogP) is 14.3. The number of benzene rings is 8. The Kier molecular flexibility index (Phi) is 7.41. The summed E-state index contributed by atoms with van der Waals surface area (Å²) in [6.07, 6.45) is 0. The molecule has 0 fully saturated rings. The summed E-state index contributed by atoms with van der Waals surface area (Å²) in [4.78, 5) is 15.7. The van der Waals surface area contributed by atoms with E-state index in [0.717, 1.165) is 33.4 Å². The number of para-hydroxylation sites is 1. The molecule has 0 spiro atoms. The van der Waals surface area contributed by atoms with Gasteiger partial charge in [-0.3, -0.25) is 0 Å². The molecule has 3 aromatic heterocycles. The molecule has 0 amide bonds. The Bertz CT molecular complexity index is 3410. The third kappa shape index (κ3) is 5.11. The zero-order valence-corrected chi connectivity index (χ0v) is 33.3. The molecule has 4 nitrogen and oxygen atoms in total. The lowest BCUT2D eigenvalue weighted by Crippen LogP contribution is -2.16. The minimum Gasteiger partial charge on any atom is -0.308 e. The minimum atomic E-state index is -0.159. The summed E-state index contributed by atoms with van der Waals surface area (Å²) in [6.45, 7) is 4.75. The number of rotatable bonds is 5. The number of aromatic nitrogens is 4. The van der Waals surface area contributed by atoms with E-state index in [4.69, 9.17) is 15.0 Å². The maximum absolute atomic E-state index is 5.31. The Labute approximate surface area is 345 Å². The molecule has 0 saturated heterocycles. The van der Waals surface area contributed by atoms with Crippen molar-refractivity contribution in [1.82, 2.24) is 19.5 Å². The van der Waals surface area contributed by atoms with Gasteiger partial charge in [0.2, 0.25) is 0 Å². The monoisotopic (exact) mass is 772 g/mol. The van der Waals surface area contributed by atoms with Crippen LogP contribution in [0.15, 0.2) is 182 Å². The van der Waals surface area contributed by atoms with Gasteiger partial charge in [0, 0.05) is 53.1 Å². The molecule has 12 rings (SSSR count). The standard InChI is InChI=1S/C54H36N4S/c1-54(2)43-27-12-9-21-35(43)38-25-15-26-39(50(38)54)37-24-16-29-45-49(37)40-23-10-13-28-44(40)58(45)46-32-48-41(36-22-11-14-30-47(36)59-48)31-42(46)53-56-51(33-17-5-3-6-18-33)55-52(57-53)34-19-7-4-8-20-34/h3-32H,1-2H3. The van der Waals surface area contributed by atoms with Gasteiger partial charge in [-0.05, 0) is 63.7 Å². The molecular formula is C54H36N4S. The normalized spacial score (nSPS) is 13.1. The smallest absolute Gasteiger partial charge is 0.166 e. The Morgan fingerprint density at radius 3 is 1.75 bits per heavy atom. The highest BCUT2D eigenvalue weighted by Gasteiger charge is 2.37. The summed E-state index contributed by atoms with van der Waals surface area (Å²) in [7, 11) is 0. The van der Waals surface area contributed by atoms with Crippen LogP contribution in [0, 0.1) is 0 Å². The minimum absolute atomic E-state index is 0.159. The van der Waals surface area contributed by atoms with Crippen molar-refractivity contribution in [1.29, 1.82) is 0 Å². The van der Waals surface area contributed by atoms with Gasteiger partial charge in [-0.2, -0.15) is 0 Å². The first-order valence-corrected chi connectivity index (χ1v) is 20.9. The van der Waals surface area contributed by atoms with Crippen LogP contribution in [-0.2, 0) is 5.41 Å². The second-order valence-electron chi connectivity index (χ2n) is 16.0. The van der Waals surface area contributed by atoms with Crippen molar-refractivity contribution in [2.45, 2.75) is 19.3 Å². The summed E-state index contributed by atoms with van der Waals surface area (Å²) in [5.74, 6) is 1.91. The van der Waals surface area contributed by atoms with Crippen LogP contribution in [0.5, 0.6) is 0 Å². The summed E-state index contributed by atoms with van der Waals surface area (Å²) in [5.41, 5.74) is 13.9. The number of thiophene rings is 1. The Balaban J connectivity index is 1.18. The Hall–Kier alpha value is -7.21. The van der Waals surface area contributed by atoms with E-state index < -0.39 is 0 Å². The lowest BCUT2D eigenvalue weighted by molar-refractivity contribution is 0.662. The van der Waals surface area contributed by atoms with E-state index in [1.807, 2.05) is 47.7 Å². The molecule has 3 heterocycles. The molecule has 0 unspecified atom stereocenters. The topological polar surface area (TPSA) is 43.6 Å². The quantitative estimate of drug-likeness (QED) is 0.175. The van der Waals surface area contributed by atoms with E-state index in [-0.39, 0.29) is 5.41 Å². The average Bonchev–Trinajstić information content (AvgIpc) is 3.91. The summed E-state index contributed by atoms with van der Waals surface area (Å²) in [5, 5.41) is 4.86. The van der Waals surface area contributed by atoms with Gasteiger partial charge in [0.05, 0.1) is 16.7 Å². The highest BCUT2D eigenvalue weighted by atomic mass is 32.1. The number of hydrogen-bond acceptors (Lipinski definition) is 4. The van der Waals surface area contributed by atoms with Crippen molar-refractivity contribution in [2.75, 3.05) is 0 Å². The fraction of sp³-hybridized carbons (Fsp3) is 0.0556. The third-order valence-corrected chi connectivity index (χ3v) is 13.4. The first kappa shape index (κ1) is 33.9. The molecule has 278 valence electrons. The number of nitrogens with zero attached hydrogens (tertiary/aromatic N) is 4. The van der Waals surface area contributed by atoms with Crippen molar-refractivity contribution < 1.29 is 0 Å². The molecule has 1 aliphatic rings. The zero-order valence-electron chi connectivity index (χ0n) is 32.5. The highest BCUT2D eigenvalue weighted by molar-refractivity contribution is 7.25. The van der Waals surface area contributed by atoms with Crippen molar-refractivity contribution in [3.8, 4) is 62.1 Å². The Morgan fingerprint density at radius 1 is 0.424 bits per heavy atom. The van der Waals surface area contributed by atoms with E-state index in [1.54, 1.807) is 0 Å². The molecule has 0 saturated carbocycles. The number of fused-ring (bicyclic) bond motifs is 9. The van der Waals surface area contributed by atoms with Crippen molar-refractivity contribution >= 4 is 53.3 Å². The predicted molar refractivity (Wildman–Crippen MR) is 246 cm³/mol. The second kappa shape index (κ2) is 12.9. The lowest BCUT2D eigenvalue weighted by Gasteiger charge is -2.25. The molecule has 0 radical (unpaired) electrons. The number of hydrogen-bond donors (Lipinski definition) is 0. The average molecular weight is 773 g/mol. The van der Waals surface area contributed by atoms with E-state index >= 15 is 0 Å². The zero-order chi connectivity index (χ0) is 39.2. The molecule has 0 atom stereocenters. The van der Waals surface area contributed by atoms with Crippen molar-refractivity contribution in [3.05, 3.63) is 193 Å². The van der Waals surface area contributed by atoms with E-state index in [2.05, 4.69) is 164 Å². The van der Waals surface area contributed by atoms with Gasteiger partial charge < -0.3 is 4.57 Å². The van der Waals surface area contributed by atoms with Crippen LogP contribution < -0.4 is 0 Å². The van der Waals surface area contributed by atoms with Crippen LogP contribution in [0.3, 0.4) is 0 Å². The van der Waals surface area contributed by atoms with Gasteiger partial charge in [0.25, 0.3) is 0 Å². The van der Waals surface area contributed by atoms with Gasteiger partial charge >= 0.3 is 0 Å². The molecule has 0 aliphatic heterocycles. The van der Waals surface area contributed by atoms with Crippen LogP contribution >= 0.6 is 11.3 Å². The van der Waals surface area contributed by atoms with E-state index in [1.165, 1.54) is 64.3 Å². The van der Waals surface area contributed by atoms with Gasteiger partial charge in [0.1, 0.15) is 0 Å². The van der Waals surface area contributed by atoms with Gasteiger partial charge in [-0.25, -0.2) is 15.0 Å². The van der Waals surface area contributed by atoms with Crippen LogP contribution in [-0.4, -0.2) is 19.5 Å². The molecule has 11 aromatic rings. The SMILES string of the molecule is CC1(C)c2ccccc2-c2cccc(-c3cccc4c3c3ccccc3n4-c3cc4sc5ccccc5c4cc3-c3nc(-c4ccccc4)nc(-c4ccccc4)n3)c21. The molecule has 0 bridgehead atoms. The maximum atomic E-state index is 5.31. The van der Waals surface area contributed by atoms with Gasteiger partial charge in [0.15, 0.2) is 17.5 Å². The van der Waals surface area contributed by atoms with E-state index in [9.17, 15) is 0 Å². The second-order valence-corrected chi connectivity index (χ2v) is 17.0. The molecule has 8 aromatic carbocycles. The van der Waals surface area contributed by atoms with E-state index in [0.29, 0.717) is 17.5 Å². The summed E-state index contributed by atoms with van der Waals surface area (Å²) < 4.78 is 4.92. The van der Waals surface area contributed by atoms with Crippen LogP contribution in [0.2, 0.25) is 0 Å². The fourth-order valence-electron chi connectivity index (χ4n) is 9.63. The molecule has 59 heavy (non-hydrogen) atoms. The molecule has 5 heteroatoms. The first-order chi connectivity index (χ1) is 29.0. The first-order valence-electron chi connectivity index (χ1n) is 20.1.